The second kappa shape index (κ2) is 5.44. The van der Waals surface area contributed by atoms with Gasteiger partial charge in [-0.05, 0) is 20.8 Å². The largest absolute Gasteiger partial charge is 0.501 e. The van der Waals surface area contributed by atoms with Crippen LogP contribution in [0.25, 0.3) is 0 Å². The first-order valence-corrected chi connectivity index (χ1v) is 5.80. The first-order chi connectivity index (χ1) is 7.43. The van der Waals surface area contributed by atoms with Crippen molar-refractivity contribution in [2.45, 2.75) is 34.1 Å². The van der Waals surface area contributed by atoms with Gasteiger partial charge in [0.05, 0.1) is 18.2 Å². The highest BCUT2D eigenvalue weighted by atomic mass is 27.1. The van der Waals surface area contributed by atoms with Crippen molar-refractivity contribution in [3.63, 3.8) is 0 Å². The molecule has 0 saturated heterocycles. The minimum atomic E-state index is -0.498. The van der Waals surface area contributed by atoms with Crippen LogP contribution in [0.5, 0.6) is 0 Å². The van der Waals surface area contributed by atoms with Crippen molar-refractivity contribution in [2.24, 2.45) is 5.41 Å². The zero-order chi connectivity index (χ0) is 12.2. The summed E-state index contributed by atoms with van der Waals surface area (Å²) in [6, 6.07) is 0. The Kier molecular flexibility index (Phi) is 4.47. The zero-order valence-corrected chi connectivity index (χ0v) is 12.1. The molecule has 1 aromatic heterocycles. The predicted molar refractivity (Wildman–Crippen MR) is 58.9 cm³/mol. The molecular weight excluding hydrogens is 225 g/mol. The summed E-state index contributed by atoms with van der Waals surface area (Å²) in [5, 5.41) is 7.68. The number of carbonyl (C=O) groups is 1. The Balaban J connectivity index is 2.45. The maximum Gasteiger partial charge on any atom is 0.410 e. The lowest BCUT2D eigenvalue weighted by Gasteiger charge is -2.15. The summed E-state index contributed by atoms with van der Waals surface area (Å²) < 4.78 is 11.6. The molecule has 1 heterocycles. The zero-order valence-electron chi connectivity index (χ0n) is 10.1. The fourth-order valence-corrected chi connectivity index (χ4v) is 1.25. The maximum atomic E-state index is 11.5. The van der Waals surface area contributed by atoms with Gasteiger partial charge in [0.25, 0.3) is 0 Å². The molecule has 0 aliphatic heterocycles. The topological polar surface area (TPSA) is 66.2 Å². The fraction of sp³-hybridized carbons (Fsp3) is 0.667. The van der Waals surface area contributed by atoms with Crippen LogP contribution in [-0.2, 0) is 26.7 Å². The molecule has 1 rings (SSSR count). The minimum Gasteiger partial charge on any atom is -0.501 e. The monoisotopic (exact) mass is 241 g/mol. The van der Waals surface area contributed by atoms with Gasteiger partial charge < -0.3 is 8.53 Å². The Labute approximate surface area is 103 Å². The van der Waals surface area contributed by atoms with Crippen LogP contribution in [0.4, 0.5) is 0 Å². The van der Waals surface area contributed by atoms with Gasteiger partial charge in [0.2, 0.25) is 0 Å². The summed E-state index contributed by atoms with van der Waals surface area (Å²) in [6.07, 6.45) is 1.70. The molecule has 0 atom stereocenters. The molecule has 0 radical (unpaired) electrons. The first-order valence-electron chi connectivity index (χ1n) is 4.98. The van der Waals surface area contributed by atoms with Crippen LogP contribution in [-0.4, -0.2) is 37.6 Å². The number of carbonyl (C=O) groups excluding carboxylic acids is 1. The molecule has 0 spiro atoms. The highest BCUT2D eigenvalue weighted by molar-refractivity contribution is 5.97. The van der Waals surface area contributed by atoms with Crippen LogP contribution in [0.1, 0.15) is 26.5 Å². The van der Waals surface area contributed by atoms with Crippen molar-refractivity contribution in [3.05, 3.63) is 11.9 Å². The molecule has 0 aliphatic rings. The third-order valence-electron chi connectivity index (χ3n) is 1.82. The van der Waals surface area contributed by atoms with Gasteiger partial charge in [0.1, 0.15) is 5.69 Å². The number of aromatic nitrogens is 3. The van der Waals surface area contributed by atoms with E-state index in [2.05, 4.69) is 10.3 Å². The van der Waals surface area contributed by atoms with Gasteiger partial charge in [-0.2, -0.15) is 0 Å². The Hall–Kier alpha value is -0.898. The molecule has 0 aliphatic carbocycles. The summed E-state index contributed by atoms with van der Waals surface area (Å²) in [7, 11) is 0. The van der Waals surface area contributed by atoms with Gasteiger partial charge in [-0.15, -0.1) is 5.10 Å². The fourth-order valence-electron chi connectivity index (χ4n) is 0.957. The number of ether oxygens (including phenoxy) is 1. The van der Waals surface area contributed by atoms with Crippen molar-refractivity contribution in [1.29, 1.82) is 0 Å². The van der Waals surface area contributed by atoms with E-state index in [-0.39, 0.29) is 12.7 Å². The number of rotatable bonds is 4. The van der Waals surface area contributed by atoms with Crippen LogP contribution in [0, 0.1) is 5.41 Å². The lowest BCUT2D eigenvalue weighted by Crippen LogP contribution is -2.24. The van der Waals surface area contributed by atoms with E-state index in [9.17, 15) is 4.79 Å². The molecule has 88 valence electrons. The van der Waals surface area contributed by atoms with E-state index in [1.165, 1.54) is 4.68 Å². The highest BCUT2D eigenvalue weighted by Crippen LogP contribution is 2.15. The quantitative estimate of drug-likeness (QED) is 0.543. The van der Waals surface area contributed by atoms with E-state index >= 15 is 0 Å². The van der Waals surface area contributed by atoms with Crippen molar-refractivity contribution in [3.8, 4) is 0 Å². The Morgan fingerprint density at radius 2 is 2.25 bits per heavy atom. The molecule has 16 heavy (non-hydrogen) atoms. The Morgan fingerprint density at radius 3 is 2.81 bits per heavy atom. The van der Waals surface area contributed by atoms with Crippen LogP contribution < -0.4 is 0 Å². The molecule has 0 N–H and O–H groups in total. The Bertz CT molecular complexity index is 359. The lowest BCUT2D eigenvalue weighted by atomic mass is 9.98. The third kappa shape index (κ3) is 3.93. The standard InChI is InChI=1S/C9H14N3O3.Al.2H/c1-9(2,3)8(14)15-6-12-4-7(5-13)10-11-12;;;/h4H,5-6H2,1-3H3;;;/q-1;+1;;. The van der Waals surface area contributed by atoms with E-state index in [0.29, 0.717) is 23.2 Å². The molecular formula is C9H16AlN3O3. The van der Waals surface area contributed by atoms with Crippen molar-refractivity contribution in [1.82, 2.24) is 15.0 Å². The van der Waals surface area contributed by atoms with Crippen LogP contribution >= 0.6 is 0 Å². The van der Waals surface area contributed by atoms with Crippen LogP contribution in [0.3, 0.4) is 0 Å². The molecule has 7 heteroatoms. The Morgan fingerprint density at radius 1 is 1.56 bits per heavy atom. The lowest BCUT2D eigenvalue weighted by molar-refractivity contribution is -0.157. The van der Waals surface area contributed by atoms with Crippen molar-refractivity contribution < 1.29 is 13.3 Å². The number of esters is 1. The average molecular weight is 241 g/mol. The van der Waals surface area contributed by atoms with Crippen LogP contribution in [0.15, 0.2) is 6.20 Å². The summed E-state index contributed by atoms with van der Waals surface area (Å²) in [5.74, 6) is -0.260. The van der Waals surface area contributed by atoms with Gasteiger partial charge >= 0.3 is 22.6 Å². The summed E-state index contributed by atoms with van der Waals surface area (Å²) >= 11 is 0.664. The molecule has 0 bridgehead atoms. The molecule has 6 nitrogen and oxygen atoms in total. The molecule has 0 saturated carbocycles. The van der Waals surface area contributed by atoms with Gasteiger partial charge in [-0.25, -0.2) is 4.68 Å². The highest BCUT2D eigenvalue weighted by Gasteiger charge is 2.23. The number of nitrogens with zero attached hydrogens (tertiary/aromatic N) is 3. The molecule has 0 fully saturated rings. The second-order valence-corrected chi connectivity index (χ2v) is 5.07. The predicted octanol–water partition coefficient (Wildman–Crippen LogP) is -0.110. The normalized spacial score (nSPS) is 11.4. The summed E-state index contributed by atoms with van der Waals surface area (Å²) in [6.45, 7) is 5.96. The smallest absolute Gasteiger partial charge is 0.410 e. The van der Waals surface area contributed by atoms with Gasteiger partial charge in [0.15, 0.2) is 6.73 Å². The van der Waals surface area contributed by atoms with Gasteiger partial charge in [0, 0.05) is 0 Å². The van der Waals surface area contributed by atoms with E-state index in [4.69, 9.17) is 8.53 Å². The summed E-state index contributed by atoms with van der Waals surface area (Å²) in [5.41, 5.74) is 0.239. The van der Waals surface area contributed by atoms with Crippen LogP contribution in [0.2, 0.25) is 0 Å². The molecule has 1 aromatic rings. The summed E-state index contributed by atoms with van der Waals surface area (Å²) in [4.78, 5) is 11.5. The first kappa shape index (κ1) is 13.2. The number of hydrogen-bond donors (Lipinski definition) is 0. The third-order valence-corrected chi connectivity index (χ3v) is 2.11. The number of hydrogen-bond acceptors (Lipinski definition) is 5. The van der Waals surface area contributed by atoms with Crippen molar-refractivity contribution >= 4 is 22.6 Å². The van der Waals surface area contributed by atoms with Gasteiger partial charge in [-0.3, -0.25) is 4.79 Å². The van der Waals surface area contributed by atoms with E-state index in [0.717, 1.165) is 5.69 Å². The molecule has 0 aromatic carbocycles. The van der Waals surface area contributed by atoms with E-state index in [1.807, 2.05) is 0 Å². The van der Waals surface area contributed by atoms with Gasteiger partial charge in [-0.1, -0.05) is 5.21 Å². The van der Waals surface area contributed by atoms with E-state index in [1.54, 1.807) is 27.0 Å². The molecule has 0 unspecified atom stereocenters. The van der Waals surface area contributed by atoms with Crippen molar-refractivity contribution in [2.75, 3.05) is 0 Å². The minimum absolute atomic E-state index is 0.0875. The average Bonchev–Trinajstić information content (AvgIpc) is 2.61. The maximum absolute atomic E-state index is 11.5. The molecule has 0 amide bonds. The SMILES string of the molecule is CC(C)(C)C(=O)OCn1cc(C[O][AlH2])nn1. The van der Waals surface area contributed by atoms with E-state index < -0.39 is 5.41 Å². The second-order valence-electron chi connectivity index (χ2n) is 4.49.